The molecule has 2 heterocycles. The van der Waals surface area contributed by atoms with E-state index in [1.807, 2.05) is 61.5 Å². The number of rotatable bonds is 12. The summed E-state index contributed by atoms with van der Waals surface area (Å²) >= 11 is 0. The monoisotopic (exact) mass is 422 g/mol. The molecule has 0 unspecified atom stereocenters. The minimum absolute atomic E-state index is 0.474. The van der Waals surface area contributed by atoms with Gasteiger partial charge in [-0.25, -0.2) is 9.98 Å². The van der Waals surface area contributed by atoms with Gasteiger partial charge in [-0.3, -0.25) is 0 Å². The molecule has 2 N–H and O–H groups in total. The number of nitrogens with one attached hydrogen (secondary N) is 2. The second kappa shape index (κ2) is 13.1. The highest BCUT2D eigenvalue weighted by Crippen LogP contribution is 2.17. The Morgan fingerprint density at radius 1 is 1.03 bits per heavy atom. The molecule has 3 aromatic rings. The summed E-state index contributed by atoms with van der Waals surface area (Å²) in [4.78, 5) is 9.05. The van der Waals surface area contributed by atoms with Crippen LogP contribution in [0.4, 0.5) is 0 Å². The molecule has 0 aliphatic rings. The predicted octanol–water partition coefficient (Wildman–Crippen LogP) is 3.92. The van der Waals surface area contributed by atoms with Crippen LogP contribution in [-0.2, 0) is 24.5 Å². The number of ether oxygens (including phenoxy) is 2. The average Bonchev–Trinajstić information content (AvgIpc) is 3.33. The predicted molar refractivity (Wildman–Crippen MR) is 121 cm³/mol. The lowest BCUT2D eigenvalue weighted by Gasteiger charge is -2.12. The Bertz CT molecular complexity index is 898. The van der Waals surface area contributed by atoms with Crippen molar-refractivity contribution < 1.29 is 13.9 Å². The third-order valence-corrected chi connectivity index (χ3v) is 4.40. The number of pyridine rings is 1. The van der Waals surface area contributed by atoms with Crippen LogP contribution < -0.4 is 15.4 Å². The summed E-state index contributed by atoms with van der Waals surface area (Å²) in [7, 11) is 0. The van der Waals surface area contributed by atoms with Gasteiger partial charge in [-0.1, -0.05) is 36.4 Å². The topological polar surface area (TPSA) is 80.9 Å². The molecule has 0 atom stereocenters. The SMILES string of the molecule is CCNC(=NCc1cccnc1OCc1ccccc1)NCCCOCc1ccco1. The van der Waals surface area contributed by atoms with Gasteiger partial charge in [-0.05, 0) is 37.1 Å². The van der Waals surface area contributed by atoms with Crippen LogP contribution in [0.25, 0.3) is 0 Å². The van der Waals surface area contributed by atoms with Gasteiger partial charge < -0.3 is 24.5 Å². The van der Waals surface area contributed by atoms with Crippen molar-refractivity contribution >= 4 is 5.96 Å². The second-order valence-corrected chi connectivity index (χ2v) is 6.85. The maximum atomic E-state index is 5.93. The van der Waals surface area contributed by atoms with E-state index in [2.05, 4.69) is 20.6 Å². The Hall–Kier alpha value is -3.32. The molecule has 31 heavy (non-hydrogen) atoms. The Labute approximate surface area is 183 Å². The van der Waals surface area contributed by atoms with Gasteiger partial charge in [0, 0.05) is 31.5 Å². The number of furan rings is 1. The lowest BCUT2D eigenvalue weighted by molar-refractivity contribution is 0.105. The van der Waals surface area contributed by atoms with Crippen LogP contribution in [0.1, 0.15) is 30.2 Å². The quantitative estimate of drug-likeness (QED) is 0.262. The van der Waals surface area contributed by atoms with Crippen LogP contribution in [0.15, 0.2) is 76.5 Å². The van der Waals surface area contributed by atoms with Gasteiger partial charge in [0.25, 0.3) is 0 Å². The fraction of sp³-hybridized carbons (Fsp3) is 0.333. The number of aliphatic imine (C=N–C) groups is 1. The smallest absolute Gasteiger partial charge is 0.218 e. The van der Waals surface area contributed by atoms with Crippen LogP contribution in [0, 0.1) is 0 Å². The first-order valence-electron chi connectivity index (χ1n) is 10.6. The van der Waals surface area contributed by atoms with E-state index in [0.29, 0.717) is 32.2 Å². The molecule has 0 spiro atoms. The van der Waals surface area contributed by atoms with E-state index in [1.165, 1.54) is 0 Å². The Morgan fingerprint density at radius 2 is 1.94 bits per heavy atom. The first kappa shape index (κ1) is 22.4. The summed E-state index contributed by atoms with van der Waals surface area (Å²) in [6.45, 7) is 5.68. The van der Waals surface area contributed by atoms with E-state index in [4.69, 9.17) is 13.9 Å². The first-order valence-corrected chi connectivity index (χ1v) is 10.6. The van der Waals surface area contributed by atoms with Gasteiger partial charge in [-0.15, -0.1) is 0 Å². The van der Waals surface area contributed by atoms with E-state index in [9.17, 15) is 0 Å². The molecule has 7 heteroatoms. The van der Waals surface area contributed by atoms with Crippen LogP contribution in [-0.4, -0.2) is 30.6 Å². The molecule has 0 amide bonds. The van der Waals surface area contributed by atoms with Gasteiger partial charge in [0.2, 0.25) is 5.88 Å². The third-order valence-electron chi connectivity index (χ3n) is 4.40. The van der Waals surface area contributed by atoms with E-state index < -0.39 is 0 Å². The number of guanidine groups is 1. The maximum Gasteiger partial charge on any atom is 0.218 e. The fourth-order valence-corrected chi connectivity index (χ4v) is 2.85. The van der Waals surface area contributed by atoms with E-state index in [0.717, 1.165) is 42.4 Å². The first-order chi connectivity index (χ1) is 15.3. The summed E-state index contributed by atoms with van der Waals surface area (Å²) in [5.41, 5.74) is 2.05. The van der Waals surface area contributed by atoms with Crippen molar-refractivity contribution in [1.29, 1.82) is 0 Å². The largest absolute Gasteiger partial charge is 0.473 e. The summed E-state index contributed by atoms with van der Waals surface area (Å²) in [6, 6.07) is 17.7. The number of hydrogen-bond donors (Lipinski definition) is 2. The van der Waals surface area contributed by atoms with E-state index in [-0.39, 0.29) is 0 Å². The molecule has 3 rings (SSSR count). The van der Waals surface area contributed by atoms with Crippen molar-refractivity contribution in [3.8, 4) is 5.88 Å². The number of hydrogen-bond acceptors (Lipinski definition) is 5. The molecule has 0 aliphatic heterocycles. The van der Waals surface area contributed by atoms with Crippen molar-refractivity contribution in [1.82, 2.24) is 15.6 Å². The van der Waals surface area contributed by atoms with Gasteiger partial charge in [0.05, 0.1) is 12.8 Å². The van der Waals surface area contributed by atoms with Gasteiger partial charge >= 0.3 is 0 Å². The molecule has 0 aliphatic carbocycles. The molecule has 7 nitrogen and oxygen atoms in total. The van der Waals surface area contributed by atoms with Crippen LogP contribution in [0.5, 0.6) is 5.88 Å². The van der Waals surface area contributed by atoms with Crippen LogP contribution in [0.2, 0.25) is 0 Å². The summed E-state index contributed by atoms with van der Waals surface area (Å²) in [5, 5.41) is 6.60. The van der Waals surface area contributed by atoms with Crippen molar-refractivity contribution in [3.63, 3.8) is 0 Å². The number of aromatic nitrogens is 1. The third kappa shape index (κ3) is 8.14. The Kier molecular flexibility index (Phi) is 9.44. The average molecular weight is 423 g/mol. The standard InChI is InChI=1S/C24H30N4O3/c1-2-25-24(27-14-8-15-29-19-22-12-7-16-30-22)28-17-21-11-6-13-26-23(21)31-18-20-9-4-3-5-10-20/h3-7,9-13,16H,2,8,14-15,17-19H2,1H3,(H2,25,27,28). The van der Waals surface area contributed by atoms with Crippen molar-refractivity contribution in [3.05, 3.63) is 83.9 Å². The fourth-order valence-electron chi connectivity index (χ4n) is 2.85. The molecule has 0 saturated carbocycles. The van der Waals surface area contributed by atoms with Gasteiger partial charge in [-0.2, -0.15) is 0 Å². The molecule has 0 saturated heterocycles. The lowest BCUT2D eigenvalue weighted by Crippen LogP contribution is -2.38. The Balaban J connectivity index is 1.45. The molecule has 0 bridgehead atoms. The minimum atomic E-state index is 0.474. The zero-order valence-corrected chi connectivity index (χ0v) is 17.9. The van der Waals surface area contributed by atoms with E-state index >= 15 is 0 Å². The van der Waals surface area contributed by atoms with Gasteiger partial charge in [0.1, 0.15) is 19.0 Å². The van der Waals surface area contributed by atoms with Crippen molar-refractivity contribution in [2.24, 2.45) is 4.99 Å². The molecule has 164 valence electrons. The summed E-state index contributed by atoms with van der Waals surface area (Å²) in [6.07, 6.45) is 4.25. The molecule has 0 radical (unpaired) electrons. The molecule has 2 aromatic heterocycles. The lowest BCUT2D eigenvalue weighted by atomic mass is 10.2. The van der Waals surface area contributed by atoms with Crippen molar-refractivity contribution in [2.75, 3.05) is 19.7 Å². The molecular weight excluding hydrogens is 392 g/mol. The molecular formula is C24H30N4O3. The van der Waals surface area contributed by atoms with Crippen LogP contribution in [0.3, 0.4) is 0 Å². The minimum Gasteiger partial charge on any atom is -0.473 e. The number of benzene rings is 1. The normalized spacial score (nSPS) is 11.3. The molecule has 0 fully saturated rings. The zero-order valence-electron chi connectivity index (χ0n) is 17.9. The highest BCUT2D eigenvalue weighted by atomic mass is 16.5. The second-order valence-electron chi connectivity index (χ2n) is 6.85. The van der Waals surface area contributed by atoms with Crippen molar-refractivity contribution in [2.45, 2.75) is 33.1 Å². The zero-order chi connectivity index (χ0) is 21.6. The highest BCUT2D eigenvalue weighted by Gasteiger charge is 2.06. The van der Waals surface area contributed by atoms with E-state index in [1.54, 1.807) is 12.5 Å². The maximum absolute atomic E-state index is 5.93. The molecule has 1 aromatic carbocycles. The Morgan fingerprint density at radius 3 is 2.74 bits per heavy atom. The van der Waals surface area contributed by atoms with Crippen LogP contribution >= 0.6 is 0 Å². The number of nitrogens with zero attached hydrogens (tertiary/aromatic N) is 2. The summed E-state index contributed by atoms with van der Waals surface area (Å²) in [5.74, 6) is 2.20. The highest BCUT2D eigenvalue weighted by molar-refractivity contribution is 5.79. The summed E-state index contributed by atoms with van der Waals surface area (Å²) < 4.78 is 16.8. The van der Waals surface area contributed by atoms with Gasteiger partial charge in [0.15, 0.2) is 5.96 Å².